The Bertz CT molecular complexity index is 1160. The van der Waals surface area contributed by atoms with Gasteiger partial charge in [0, 0.05) is 19.1 Å². The average Bonchev–Trinajstić information content (AvgIpc) is 2.77. The topological polar surface area (TPSA) is 84.1 Å². The summed E-state index contributed by atoms with van der Waals surface area (Å²) in [4.78, 5) is 21.0. The first-order valence-electron chi connectivity index (χ1n) is 11.2. The van der Waals surface area contributed by atoms with Crippen molar-refractivity contribution in [2.75, 3.05) is 10.2 Å². The maximum absolute atomic E-state index is 15.4. The van der Waals surface area contributed by atoms with E-state index in [2.05, 4.69) is 15.3 Å². The van der Waals surface area contributed by atoms with Gasteiger partial charge in [-0.2, -0.15) is 17.6 Å². The minimum Gasteiger partial charge on any atom is -0.369 e. The third kappa shape index (κ3) is 6.06. The van der Waals surface area contributed by atoms with Gasteiger partial charge in [-0.05, 0) is 48.1 Å². The van der Waals surface area contributed by atoms with Crippen LogP contribution < -0.4 is 16.0 Å². The third-order valence-corrected chi connectivity index (χ3v) is 6.05. The molecule has 0 saturated heterocycles. The number of amides is 1. The molecule has 0 spiro atoms. The van der Waals surface area contributed by atoms with Crippen LogP contribution in [-0.2, 0) is 30.5 Å². The fourth-order valence-corrected chi connectivity index (χ4v) is 3.92. The average molecular weight is 488 g/mol. The van der Waals surface area contributed by atoms with Crippen molar-refractivity contribution in [3.63, 3.8) is 0 Å². The van der Waals surface area contributed by atoms with E-state index in [4.69, 9.17) is 5.73 Å². The molecule has 0 radical (unpaired) electrons. The smallest absolute Gasteiger partial charge is 0.369 e. The van der Waals surface area contributed by atoms with Crippen LogP contribution in [-0.4, -0.2) is 21.9 Å². The van der Waals surface area contributed by atoms with Gasteiger partial charge in [-0.3, -0.25) is 4.79 Å². The second kappa shape index (κ2) is 10.3. The monoisotopic (exact) mass is 487 g/mol. The van der Waals surface area contributed by atoms with Gasteiger partial charge in [0.25, 0.3) is 0 Å². The number of alkyl halides is 3. The van der Waals surface area contributed by atoms with Crippen LogP contribution in [0.25, 0.3) is 0 Å². The van der Waals surface area contributed by atoms with Crippen LogP contribution in [0.4, 0.5) is 29.2 Å². The zero-order chi connectivity index (χ0) is 25.0. The molecule has 1 aliphatic carbocycles. The summed E-state index contributed by atoms with van der Waals surface area (Å²) < 4.78 is 54.1. The molecule has 1 fully saturated rings. The van der Waals surface area contributed by atoms with E-state index in [1.807, 2.05) is 12.1 Å². The predicted octanol–water partition coefficient (Wildman–Crippen LogP) is 4.83. The first-order chi connectivity index (χ1) is 16.7. The van der Waals surface area contributed by atoms with Crippen molar-refractivity contribution in [2.24, 2.45) is 5.73 Å². The van der Waals surface area contributed by atoms with Gasteiger partial charge < -0.3 is 16.0 Å². The Morgan fingerprint density at radius 3 is 2.20 bits per heavy atom. The lowest BCUT2D eigenvalue weighted by molar-refractivity contribution is -0.137. The highest BCUT2D eigenvalue weighted by atomic mass is 19.4. The number of benzene rings is 2. The maximum atomic E-state index is 15.4. The van der Waals surface area contributed by atoms with Crippen LogP contribution in [0, 0.1) is 5.82 Å². The van der Waals surface area contributed by atoms with E-state index in [0.29, 0.717) is 12.1 Å². The number of carbonyl (C=O) groups is 1. The lowest BCUT2D eigenvalue weighted by Crippen LogP contribution is -2.41. The minimum atomic E-state index is -4.41. The number of aromatic nitrogens is 2. The van der Waals surface area contributed by atoms with Gasteiger partial charge >= 0.3 is 6.18 Å². The second-order valence-corrected chi connectivity index (χ2v) is 8.58. The molecular formula is C25H25F4N5O. The van der Waals surface area contributed by atoms with Gasteiger partial charge in [-0.1, -0.05) is 36.4 Å². The molecule has 10 heteroatoms. The molecule has 2 aromatic carbocycles. The van der Waals surface area contributed by atoms with E-state index in [1.54, 1.807) is 17.0 Å². The SMILES string of the molecule is NC(=O)Cc1ccc(CNc2ncnc(N(Cc3ccc(C(F)(F)F)cc3)C3CCC3)c2F)cc1. The summed E-state index contributed by atoms with van der Waals surface area (Å²) >= 11 is 0. The molecule has 6 nitrogen and oxygen atoms in total. The molecule has 184 valence electrons. The van der Waals surface area contributed by atoms with Crippen molar-refractivity contribution in [1.29, 1.82) is 0 Å². The zero-order valence-electron chi connectivity index (χ0n) is 18.9. The van der Waals surface area contributed by atoms with Crippen LogP contribution in [0.5, 0.6) is 0 Å². The molecule has 0 aliphatic heterocycles. The Kier molecular flexibility index (Phi) is 7.18. The van der Waals surface area contributed by atoms with Crippen molar-refractivity contribution in [3.05, 3.63) is 82.9 Å². The van der Waals surface area contributed by atoms with Crippen LogP contribution >= 0.6 is 0 Å². The van der Waals surface area contributed by atoms with E-state index < -0.39 is 23.5 Å². The Morgan fingerprint density at radius 2 is 1.63 bits per heavy atom. The summed E-state index contributed by atoms with van der Waals surface area (Å²) in [5.74, 6) is -0.882. The van der Waals surface area contributed by atoms with Crippen molar-refractivity contribution in [3.8, 4) is 0 Å². The van der Waals surface area contributed by atoms with E-state index in [0.717, 1.165) is 42.5 Å². The van der Waals surface area contributed by atoms with Crippen LogP contribution in [0.15, 0.2) is 54.9 Å². The maximum Gasteiger partial charge on any atom is 0.416 e. The lowest BCUT2D eigenvalue weighted by Gasteiger charge is -2.38. The van der Waals surface area contributed by atoms with Gasteiger partial charge in [0.1, 0.15) is 6.33 Å². The van der Waals surface area contributed by atoms with Crippen LogP contribution in [0.1, 0.15) is 41.5 Å². The number of hydrogen-bond donors (Lipinski definition) is 2. The van der Waals surface area contributed by atoms with Gasteiger partial charge in [0.15, 0.2) is 11.6 Å². The Morgan fingerprint density at radius 1 is 1.00 bits per heavy atom. The molecule has 4 rings (SSSR count). The van der Waals surface area contributed by atoms with E-state index >= 15 is 4.39 Å². The molecule has 3 aromatic rings. The summed E-state index contributed by atoms with van der Waals surface area (Å²) in [6, 6.07) is 12.1. The number of anilines is 2. The Labute approximate surface area is 200 Å². The van der Waals surface area contributed by atoms with Crippen LogP contribution in [0.2, 0.25) is 0 Å². The largest absolute Gasteiger partial charge is 0.416 e. The van der Waals surface area contributed by atoms with Crippen molar-refractivity contribution >= 4 is 17.5 Å². The van der Waals surface area contributed by atoms with E-state index in [1.165, 1.54) is 18.5 Å². The summed E-state index contributed by atoms with van der Waals surface area (Å²) in [5.41, 5.74) is 6.76. The summed E-state index contributed by atoms with van der Waals surface area (Å²) in [5, 5.41) is 2.98. The summed E-state index contributed by atoms with van der Waals surface area (Å²) in [6.45, 7) is 0.532. The first kappa shape index (κ1) is 24.4. The van der Waals surface area contributed by atoms with Gasteiger partial charge in [-0.25, -0.2) is 9.97 Å². The summed E-state index contributed by atoms with van der Waals surface area (Å²) in [6.07, 6.45) is -0.289. The molecule has 0 bridgehead atoms. The molecule has 0 unspecified atom stereocenters. The molecule has 35 heavy (non-hydrogen) atoms. The highest BCUT2D eigenvalue weighted by molar-refractivity contribution is 5.76. The predicted molar refractivity (Wildman–Crippen MR) is 124 cm³/mol. The van der Waals surface area contributed by atoms with Crippen molar-refractivity contribution in [2.45, 2.75) is 51.0 Å². The van der Waals surface area contributed by atoms with Crippen LogP contribution in [0.3, 0.4) is 0 Å². The number of halogens is 4. The van der Waals surface area contributed by atoms with E-state index in [9.17, 15) is 18.0 Å². The second-order valence-electron chi connectivity index (χ2n) is 8.58. The minimum absolute atomic E-state index is 0.0351. The van der Waals surface area contributed by atoms with Gasteiger partial charge in [0.2, 0.25) is 11.7 Å². The van der Waals surface area contributed by atoms with Crippen molar-refractivity contribution < 1.29 is 22.4 Å². The number of nitrogens with one attached hydrogen (secondary N) is 1. The quantitative estimate of drug-likeness (QED) is 0.423. The van der Waals surface area contributed by atoms with Crippen molar-refractivity contribution in [1.82, 2.24) is 9.97 Å². The number of hydrogen-bond acceptors (Lipinski definition) is 5. The first-order valence-corrected chi connectivity index (χ1v) is 11.2. The number of nitrogens with zero attached hydrogens (tertiary/aromatic N) is 3. The fourth-order valence-electron chi connectivity index (χ4n) is 3.92. The van der Waals surface area contributed by atoms with Gasteiger partial charge in [-0.15, -0.1) is 0 Å². The third-order valence-electron chi connectivity index (χ3n) is 6.05. The molecule has 3 N–H and O–H groups in total. The molecule has 1 saturated carbocycles. The molecule has 0 atom stereocenters. The highest BCUT2D eigenvalue weighted by Gasteiger charge is 2.31. The van der Waals surface area contributed by atoms with E-state index in [-0.39, 0.29) is 30.6 Å². The number of carbonyl (C=O) groups excluding carboxylic acids is 1. The lowest BCUT2D eigenvalue weighted by atomic mass is 9.91. The Hall–Kier alpha value is -3.69. The van der Waals surface area contributed by atoms with Gasteiger partial charge in [0.05, 0.1) is 12.0 Å². The molecular weight excluding hydrogens is 462 g/mol. The highest BCUT2D eigenvalue weighted by Crippen LogP contribution is 2.34. The molecule has 1 aliphatic rings. The fraction of sp³-hybridized carbons (Fsp3) is 0.320. The zero-order valence-corrected chi connectivity index (χ0v) is 18.9. The molecule has 1 amide bonds. The number of rotatable bonds is 9. The summed E-state index contributed by atoms with van der Waals surface area (Å²) in [7, 11) is 0. The number of primary amides is 1. The molecule has 1 aromatic heterocycles. The number of nitrogens with two attached hydrogens (primary N) is 1. The standard InChI is InChI=1S/C25H25F4N5O/c26-22-23(31-13-17-6-4-16(5-7-17)12-21(30)35)32-15-33-24(22)34(20-2-1-3-20)14-18-8-10-19(11-9-18)25(27,28)29/h4-11,15,20H,1-3,12-14H2,(H2,30,35)(H,31,32,33). The Balaban J connectivity index is 1.49. The molecule has 1 heterocycles. The normalized spacial score (nSPS) is 13.8.